The Kier molecular flexibility index (Phi) is 10.0. The molecule has 0 unspecified atom stereocenters. The van der Waals surface area contributed by atoms with Crippen molar-refractivity contribution in [3.63, 3.8) is 0 Å². The third-order valence-electron chi connectivity index (χ3n) is 6.54. The van der Waals surface area contributed by atoms with E-state index in [1.54, 1.807) is 25.4 Å². The molecule has 0 atom stereocenters. The van der Waals surface area contributed by atoms with Crippen molar-refractivity contribution in [1.29, 1.82) is 0 Å². The van der Waals surface area contributed by atoms with Crippen LogP contribution in [0.2, 0.25) is 0 Å². The average Bonchev–Trinajstić information content (AvgIpc) is 2.92. The summed E-state index contributed by atoms with van der Waals surface area (Å²) >= 11 is 0. The van der Waals surface area contributed by atoms with E-state index in [1.807, 2.05) is 12.1 Å². The van der Waals surface area contributed by atoms with E-state index in [4.69, 9.17) is 18.9 Å². The summed E-state index contributed by atoms with van der Waals surface area (Å²) in [5.41, 5.74) is 0.820. The Bertz CT molecular complexity index is 1290. The second-order valence-corrected chi connectivity index (χ2v) is 10.9. The molecule has 1 aliphatic rings. The number of urea groups is 1. The largest absolute Gasteiger partial charge is 0.493 e. The van der Waals surface area contributed by atoms with Crippen molar-refractivity contribution in [1.82, 2.24) is 15.2 Å². The third-order valence-corrected chi connectivity index (χ3v) is 6.54. The quantitative estimate of drug-likeness (QED) is 0.288. The first-order valence-corrected chi connectivity index (χ1v) is 13.6. The minimum absolute atomic E-state index is 0.0669. The molecule has 2 amide bonds. The molecule has 0 bridgehead atoms. The summed E-state index contributed by atoms with van der Waals surface area (Å²) in [5, 5.41) is 6.00. The Morgan fingerprint density at radius 1 is 1.10 bits per heavy atom. The SMILES string of the molecule is COc1cc2c(Oc3ccc(NC(=O)NCCC(C)(C)C)c(F)c3)ccnc2cc1OCCCN1CCOCC1. The molecule has 1 fully saturated rings. The highest BCUT2D eigenvalue weighted by Gasteiger charge is 2.15. The van der Waals surface area contributed by atoms with E-state index in [-0.39, 0.29) is 16.9 Å². The van der Waals surface area contributed by atoms with Gasteiger partial charge < -0.3 is 29.6 Å². The molecule has 1 aromatic heterocycles. The predicted octanol–water partition coefficient (Wildman–Crippen LogP) is 5.83. The van der Waals surface area contributed by atoms with Gasteiger partial charge in [0, 0.05) is 49.9 Å². The van der Waals surface area contributed by atoms with Crippen molar-refractivity contribution >= 4 is 22.6 Å². The number of methoxy groups -OCH3 is 1. The fourth-order valence-electron chi connectivity index (χ4n) is 4.29. The Labute approximate surface area is 234 Å². The zero-order chi connectivity index (χ0) is 28.5. The maximum atomic E-state index is 14.8. The summed E-state index contributed by atoms with van der Waals surface area (Å²) in [6.45, 7) is 11.7. The second-order valence-electron chi connectivity index (χ2n) is 10.9. The second kappa shape index (κ2) is 13.6. The van der Waals surface area contributed by atoms with Crippen LogP contribution in [0.25, 0.3) is 10.9 Å². The van der Waals surface area contributed by atoms with Crippen LogP contribution in [0, 0.1) is 11.2 Å². The average molecular weight is 555 g/mol. The van der Waals surface area contributed by atoms with Gasteiger partial charge in [-0.1, -0.05) is 20.8 Å². The van der Waals surface area contributed by atoms with Crippen LogP contribution in [0.1, 0.15) is 33.6 Å². The molecule has 1 saturated heterocycles. The van der Waals surface area contributed by atoms with Gasteiger partial charge in [0.05, 0.1) is 38.1 Å². The molecule has 3 aromatic rings. The number of ether oxygens (including phenoxy) is 4. The number of carbonyl (C=O) groups excluding carboxylic acids is 1. The Morgan fingerprint density at radius 3 is 2.62 bits per heavy atom. The normalized spacial score (nSPS) is 14.1. The van der Waals surface area contributed by atoms with Crippen LogP contribution in [-0.2, 0) is 4.74 Å². The number of benzene rings is 2. The molecule has 9 nitrogen and oxygen atoms in total. The van der Waals surface area contributed by atoms with Gasteiger partial charge >= 0.3 is 6.03 Å². The number of morpholine rings is 1. The van der Waals surface area contributed by atoms with Gasteiger partial charge in [-0.2, -0.15) is 0 Å². The monoisotopic (exact) mass is 554 g/mol. The lowest BCUT2D eigenvalue weighted by Crippen LogP contribution is -2.37. The first-order chi connectivity index (χ1) is 19.2. The summed E-state index contributed by atoms with van der Waals surface area (Å²) in [6, 6.07) is 9.19. The number of pyridine rings is 1. The number of halogens is 1. The minimum atomic E-state index is -0.604. The standard InChI is InChI=1S/C30H39FN4O5/c1-30(2,3)9-11-33-29(36)34-24-7-6-21(18-23(24)31)40-26-8-10-32-25-20-28(27(37-4)19-22(25)26)39-15-5-12-35-13-16-38-17-14-35/h6-8,10,18-20H,5,9,11-17H2,1-4H3,(H2,33,34,36). The van der Waals surface area contributed by atoms with E-state index < -0.39 is 11.8 Å². The number of fused-ring (bicyclic) bond motifs is 1. The molecule has 2 N–H and O–H groups in total. The van der Waals surface area contributed by atoms with Gasteiger partial charge in [0.15, 0.2) is 11.5 Å². The van der Waals surface area contributed by atoms with Crippen LogP contribution in [0.3, 0.4) is 0 Å². The lowest BCUT2D eigenvalue weighted by molar-refractivity contribution is 0.0357. The number of rotatable bonds is 11. The molecule has 0 radical (unpaired) electrons. The number of nitrogens with zero attached hydrogens (tertiary/aromatic N) is 2. The highest BCUT2D eigenvalue weighted by atomic mass is 19.1. The highest BCUT2D eigenvalue weighted by molar-refractivity contribution is 5.90. The van der Waals surface area contributed by atoms with E-state index in [1.165, 1.54) is 12.1 Å². The summed E-state index contributed by atoms with van der Waals surface area (Å²) < 4.78 is 37.8. The molecule has 4 rings (SSSR count). The Hall–Kier alpha value is -3.63. The zero-order valence-corrected chi connectivity index (χ0v) is 23.7. The Balaban J connectivity index is 1.39. The maximum Gasteiger partial charge on any atom is 0.319 e. The van der Waals surface area contributed by atoms with Gasteiger partial charge in [-0.15, -0.1) is 0 Å². The number of nitrogens with one attached hydrogen (secondary N) is 2. The van der Waals surface area contributed by atoms with E-state index >= 15 is 0 Å². The van der Waals surface area contributed by atoms with Gasteiger partial charge in [-0.25, -0.2) is 9.18 Å². The molecule has 0 saturated carbocycles. The van der Waals surface area contributed by atoms with Crippen LogP contribution >= 0.6 is 0 Å². The number of aromatic nitrogens is 1. The third kappa shape index (κ3) is 8.43. The Morgan fingerprint density at radius 2 is 1.90 bits per heavy atom. The topological polar surface area (TPSA) is 94.2 Å². The molecule has 2 heterocycles. The molecule has 2 aromatic carbocycles. The maximum absolute atomic E-state index is 14.8. The van der Waals surface area contributed by atoms with Crippen LogP contribution in [0.5, 0.6) is 23.0 Å². The van der Waals surface area contributed by atoms with Crippen molar-refractivity contribution in [2.45, 2.75) is 33.6 Å². The van der Waals surface area contributed by atoms with Crippen molar-refractivity contribution in [2.24, 2.45) is 5.41 Å². The molecule has 1 aliphatic heterocycles. The van der Waals surface area contributed by atoms with Crippen LogP contribution in [-0.4, -0.2) is 69.0 Å². The van der Waals surface area contributed by atoms with Gasteiger partial charge in [-0.05, 0) is 42.5 Å². The van der Waals surface area contributed by atoms with E-state index in [0.717, 1.165) is 45.7 Å². The number of hydrogen-bond acceptors (Lipinski definition) is 7. The first kappa shape index (κ1) is 29.4. The first-order valence-electron chi connectivity index (χ1n) is 13.6. The summed E-state index contributed by atoms with van der Waals surface area (Å²) in [7, 11) is 1.58. The van der Waals surface area contributed by atoms with Gasteiger partial charge in [0.25, 0.3) is 0 Å². The van der Waals surface area contributed by atoms with Crippen LogP contribution in [0.15, 0.2) is 42.6 Å². The zero-order valence-electron chi connectivity index (χ0n) is 23.7. The number of anilines is 1. The van der Waals surface area contributed by atoms with Crippen LogP contribution < -0.4 is 24.8 Å². The van der Waals surface area contributed by atoms with E-state index in [9.17, 15) is 9.18 Å². The molecular weight excluding hydrogens is 515 g/mol. The molecule has 0 aliphatic carbocycles. The van der Waals surface area contributed by atoms with Gasteiger partial charge in [0.1, 0.15) is 17.3 Å². The molecule has 216 valence electrons. The van der Waals surface area contributed by atoms with E-state index in [0.29, 0.717) is 41.3 Å². The van der Waals surface area contributed by atoms with Crippen LogP contribution in [0.4, 0.5) is 14.9 Å². The predicted molar refractivity (Wildman–Crippen MR) is 153 cm³/mol. The lowest BCUT2D eigenvalue weighted by atomic mass is 9.92. The summed E-state index contributed by atoms with van der Waals surface area (Å²) in [6.07, 6.45) is 3.32. The number of hydrogen-bond donors (Lipinski definition) is 2. The minimum Gasteiger partial charge on any atom is -0.493 e. The molecule has 0 spiro atoms. The number of carbonyl (C=O) groups is 1. The molecule has 40 heavy (non-hydrogen) atoms. The summed E-state index contributed by atoms with van der Waals surface area (Å²) in [5.74, 6) is 1.32. The fraction of sp³-hybridized carbons (Fsp3) is 0.467. The van der Waals surface area contributed by atoms with E-state index in [2.05, 4.69) is 41.3 Å². The smallest absolute Gasteiger partial charge is 0.319 e. The van der Waals surface area contributed by atoms with Gasteiger partial charge in [0.2, 0.25) is 0 Å². The van der Waals surface area contributed by atoms with Crippen molar-refractivity contribution in [3.05, 3.63) is 48.4 Å². The fourth-order valence-corrected chi connectivity index (χ4v) is 4.29. The van der Waals surface area contributed by atoms with Crippen molar-refractivity contribution in [3.8, 4) is 23.0 Å². The molecule has 10 heteroatoms. The molecular formula is C30H39FN4O5. The van der Waals surface area contributed by atoms with Gasteiger partial charge in [-0.3, -0.25) is 9.88 Å². The van der Waals surface area contributed by atoms with Crippen molar-refractivity contribution < 1.29 is 28.1 Å². The highest BCUT2D eigenvalue weighted by Crippen LogP contribution is 2.37. The van der Waals surface area contributed by atoms with Crippen molar-refractivity contribution in [2.75, 3.05) is 58.4 Å². The summed E-state index contributed by atoms with van der Waals surface area (Å²) in [4.78, 5) is 19.0. The lowest BCUT2D eigenvalue weighted by Gasteiger charge is -2.26. The number of amides is 2.